The molecule has 2 fully saturated rings. The maximum atomic E-state index is 11.4. The van der Waals surface area contributed by atoms with E-state index in [1.165, 1.54) is 5.69 Å². The maximum absolute atomic E-state index is 11.4. The fourth-order valence-corrected chi connectivity index (χ4v) is 3.31. The van der Waals surface area contributed by atoms with Gasteiger partial charge in [0.2, 0.25) is 5.91 Å². The zero-order valence-corrected chi connectivity index (χ0v) is 11.9. The zero-order chi connectivity index (χ0) is 14.1. The number of nitrogens with zero attached hydrogens (tertiary/aromatic N) is 1. The van der Waals surface area contributed by atoms with E-state index in [0.29, 0.717) is 18.4 Å². The summed E-state index contributed by atoms with van der Waals surface area (Å²) in [4.78, 5) is 13.8. The molecule has 4 heteroatoms. The molecule has 2 aliphatic rings. The molecule has 1 aromatic rings. The quantitative estimate of drug-likeness (QED) is 0.865. The highest BCUT2D eigenvalue weighted by Gasteiger charge is 2.33. The smallest absolute Gasteiger partial charge is 0.220 e. The fraction of sp³-hybridized carbons (Fsp3) is 0.562. The number of nitrogens with one attached hydrogen (secondary N) is 1. The second kappa shape index (κ2) is 5.44. The van der Waals surface area contributed by atoms with Gasteiger partial charge in [-0.15, -0.1) is 0 Å². The Kier molecular flexibility index (Phi) is 3.66. The van der Waals surface area contributed by atoms with Crippen molar-refractivity contribution in [2.75, 3.05) is 18.0 Å². The Balaban J connectivity index is 1.68. The second-order valence-corrected chi connectivity index (χ2v) is 5.97. The summed E-state index contributed by atoms with van der Waals surface area (Å²) in [5, 5.41) is 12.7. The van der Waals surface area contributed by atoms with E-state index >= 15 is 0 Å². The molecule has 2 saturated heterocycles. The van der Waals surface area contributed by atoms with Crippen molar-refractivity contribution in [2.24, 2.45) is 5.92 Å². The zero-order valence-electron chi connectivity index (χ0n) is 11.9. The lowest BCUT2D eigenvalue weighted by Crippen LogP contribution is -2.54. The van der Waals surface area contributed by atoms with Crippen molar-refractivity contribution >= 4 is 11.6 Å². The topological polar surface area (TPSA) is 52.6 Å². The molecule has 1 amide bonds. The van der Waals surface area contributed by atoms with Gasteiger partial charge in [-0.3, -0.25) is 4.79 Å². The van der Waals surface area contributed by atoms with Crippen LogP contribution in [0.5, 0.6) is 0 Å². The number of hydrogen-bond donors (Lipinski definition) is 2. The van der Waals surface area contributed by atoms with E-state index in [4.69, 9.17) is 0 Å². The summed E-state index contributed by atoms with van der Waals surface area (Å²) in [6, 6.07) is 8.53. The number of fused-ring (bicyclic) bond motifs is 1. The first-order chi connectivity index (χ1) is 9.63. The predicted molar refractivity (Wildman–Crippen MR) is 78.6 cm³/mol. The highest BCUT2D eigenvalue weighted by molar-refractivity contribution is 5.77. The summed E-state index contributed by atoms with van der Waals surface area (Å²) < 4.78 is 0. The van der Waals surface area contributed by atoms with Crippen LogP contribution in [-0.4, -0.2) is 30.1 Å². The molecule has 2 N–H and O–H groups in total. The molecule has 3 rings (SSSR count). The van der Waals surface area contributed by atoms with E-state index in [9.17, 15) is 9.90 Å². The third kappa shape index (κ3) is 2.66. The van der Waals surface area contributed by atoms with Crippen LogP contribution < -0.4 is 10.2 Å². The SMILES string of the molecule is C[C@@H](O)c1ccc(N2CCC3NC(=O)CCC3C2)cc1. The van der Waals surface area contributed by atoms with Crippen molar-refractivity contribution in [3.63, 3.8) is 0 Å². The third-order valence-electron chi connectivity index (χ3n) is 4.56. The van der Waals surface area contributed by atoms with Gasteiger partial charge in [0, 0.05) is 31.2 Å². The number of anilines is 1. The summed E-state index contributed by atoms with van der Waals surface area (Å²) in [6.45, 7) is 3.78. The van der Waals surface area contributed by atoms with Crippen LogP contribution in [0, 0.1) is 5.92 Å². The van der Waals surface area contributed by atoms with Crippen LogP contribution in [0.25, 0.3) is 0 Å². The molecule has 108 valence electrons. The summed E-state index contributed by atoms with van der Waals surface area (Å²) in [7, 11) is 0. The van der Waals surface area contributed by atoms with Crippen molar-refractivity contribution in [2.45, 2.75) is 38.3 Å². The lowest BCUT2D eigenvalue weighted by molar-refractivity contribution is -0.124. The predicted octanol–water partition coefficient (Wildman–Crippen LogP) is 1.84. The third-order valence-corrected chi connectivity index (χ3v) is 4.56. The summed E-state index contributed by atoms with van der Waals surface area (Å²) in [6.07, 6.45) is 2.27. The van der Waals surface area contributed by atoms with Gasteiger partial charge in [0.05, 0.1) is 6.10 Å². The molecule has 0 aromatic heterocycles. The normalized spacial score (nSPS) is 27.7. The summed E-state index contributed by atoms with van der Waals surface area (Å²) >= 11 is 0. The van der Waals surface area contributed by atoms with Gasteiger partial charge >= 0.3 is 0 Å². The molecule has 4 nitrogen and oxygen atoms in total. The molecule has 3 atom stereocenters. The van der Waals surface area contributed by atoms with Crippen LogP contribution in [0.3, 0.4) is 0 Å². The molecule has 2 aliphatic heterocycles. The minimum atomic E-state index is -0.414. The monoisotopic (exact) mass is 274 g/mol. The largest absolute Gasteiger partial charge is 0.389 e. The minimum Gasteiger partial charge on any atom is -0.389 e. The van der Waals surface area contributed by atoms with Gasteiger partial charge in [-0.25, -0.2) is 0 Å². The number of hydrogen-bond acceptors (Lipinski definition) is 3. The number of aliphatic hydroxyl groups excluding tert-OH is 1. The van der Waals surface area contributed by atoms with Crippen molar-refractivity contribution in [1.82, 2.24) is 5.32 Å². The number of aliphatic hydroxyl groups is 1. The molecular formula is C16H22N2O2. The van der Waals surface area contributed by atoms with Crippen LogP contribution in [0.1, 0.15) is 37.9 Å². The fourth-order valence-electron chi connectivity index (χ4n) is 3.31. The standard InChI is InChI=1S/C16H22N2O2/c1-11(19)12-2-5-14(6-3-12)18-9-8-15-13(10-18)4-7-16(20)17-15/h2-3,5-6,11,13,15,19H,4,7-10H2,1H3,(H,17,20)/t11-,13?,15?/m1/s1. The minimum absolute atomic E-state index is 0.209. The lowest BCUT2D eigenvalue weighted by atomic mass is 9.85. The Morgan fingerprint density at radius 1 is 1.30 bits per heavy atom. The van der Waals surface area contributed by atoms with Gasteiger partial charge < -0.3 is 15.3 Å². The first-order valence-corrected chi connectivity index (χ1v) is 7.46. The van der Waals surface area contributed by atoms with E-state index in [-0.39, 0.29) is 5.91 Å². The van der Waals surface area contributed by atoms with E-state index in [1.54, 1.807) is 6.92 Å². The Morgan fingerprint density at radius 2 is 2.05 bits per heavy atom. The van der Waals surface area contributed by atoms with Crippen molar-refractivity contribution in [3.8, 4) is 0 Å². The lowest BCUT2D eigenvalue weighted by Gasteiger charge is -2.42. The van der Waals surface area contributed by atoms with Crippen molar-refractivity contribution < 1.29 is 9.90 Å². The van der Waals surface area contributed by atoms with Crippen LogP contribution in [0.15, 0.2) is 24.3 Å². The van der Waals surface area contributed by atoms with Crippen LogP contribution >= 0.6 is 0 Å². The van der Waals surface area contributed by atoms with E-state index in [2.05, 4.69) is 22.3 Å². The molecule has 0 spiro atoms. The first kappa shape index (κ1) is 13.4. The van der Waals surface area contributed by atoms with Gasteiger partial charge in [0.25, 0.3) is 0 Å². The van der Waals surface area contributed by atoms with Gasteiger partial charge in [-0.05, 0) is 43.4 Å². The number of piperidine rings is 2. The first-order valence-electron chi connectivity index (χ1n) is 7.46. The molecule has 1 aromatic carbocycles. The van der Waals surface area contributed by atoms with Crippen molar-refractivity contribution in [3.05, 3.63) is 29.8 Å². The number of carbonyl (C=O) groups excluding carboxylic acids is 1. The Bertz CT molecular complexity index is 484. The van der Waals surface area contributed by atoms with Gasteiger partial charge in [-0.2, -0.15) is 0 Å². The second-order valence-electron chi connectivity index (χ2n) is 5.97. The molecule has 2 heterocycles. The molecule has 0 bridgehead atoms. The van der Waals surface area contributed by atoms with Gasteiger partial charge in [-0.1, -0.05) is 12.1 Å². The highest BCUT2D eigenvalue weighted by atomic mass is 16.3. The highest BCUT2D eigenvalue weighted by Crippen LogP contribution is 2.29. The Hall–Kier alpha value is -1.55. The summed E-state index contributed by atoms with van der Waals surface area (Å²) in [5.74, 6) is 0.777. The van der Waals surface area contributed by atoms with Crippen molar-refractivity contribution in [1.29, 1.82) is 0 Å². The van der Waals surface area contributed by atoms with E-state index in [1.807, 2.05) is 12.1 Å². The Morgan fingerprint density at radius 3 is 2.75 bits per heavy atom. The molecule has 20 heavy (non-hydrogen) atoms. The van der Waals surface area contributed by atoms with Crippen LogP contribution in [0.2, 0.25) is 0 Å². The molecule has 0 radical (unpaired) electrons. The number of benzene rings is 1. The number of carbonyl (C=O) groups is 1. The Labute approximate surface area is 119 Å². The molecular weight excluding hydrogens is 252 g/mol. The molecule has 0 aliphatic carbocycles. The maximum Gasteiger partial charge on any atom is 0.220 e. The molecule has 2 unspecified atom stereocenters. The van der Waals surface area contributed by atoms with Gasteiger partial charge in [0.1, 0.15) is 0 Å². The van der Waals surface area contributed by atoms with Crippen LogP contribution in [-0.2, 0) is 4.79 Å². The van der Waals surface area contributed by atoms with Gasteiger partial charge in [0.15, 0.2) is 0 Å². The number of amides is 1. The molecule has 0 saturated carbocycles. The average Bonchev–Trinajstić information content (AvgIpc) is 2.47. The van der Waals surface area contributed by atoms with Crippen LogP contribution in [0.4, 0.5) is 5.69 Å². The average molecular weight is 274 g/mol. The van der Waals surface area contributed by atoms with E-state index in [0.717, 1.165) is 31.5 Å². The number of rotatable bonds is 2. The van der Waals surface area contributed by atoms with E-state index < -0.39 is 6.10 Å². The summed E-state index contributed by atoms with van der Waals surface area (Å²) in [5.41, 5.74) is 2.17.